The van der Waals surface area contributed by atoms with E-state index in [1.54, 1.807) is 12.3 Å². The smallest absolute Gasteiger partial charge is 0.138 e. The summed E-state index contributed by atoms with van der Waals surface area (Å²) in [6.07, 6.45) is 1.70. The van der Waals surface area contributed by atoms with Gasteiger partial charge in [0.2, 0.25) is 0 Å². The van der Waals surface area contributed by atoms with E-state index in [-0.39, 0.29) is 5.84 Å². The summed E-state index contributed by atoms with van der Waals surface area (Å²) in [5, 5.41) is 12.6. The fourth-order valence-corrected chi connectivity index (χ4v) is 3.69. The van der Waals surface area contributed by atoms with E-state index in [0.29, 0.717) is 5.56 Å². The Hall–Kier alpha value is -3.66. The fraction of sp³-hybridized carbons (Fsp3) is 0. The van der Waals surface area contributed by atoms with Crippen molar-refractivity contribution in [2.45, 2.75) is 0 Å². The van der Waals surface area contributed by atoms with E-state index in [9.17, 15) is 0 Å². The number of nitrogens with one attached hydrogen (secondary N) is 1. The minimum atomic E-state index is 0.0415. The molecule has 4 heteroatoms. The zero-order valence-electron chi connectivity index (χ0n) is 14.0. The minimum Gasteiger partial charge on any atom is -0.384 e. The summed E-state index contributed by atoms with van der Waals surface area (Å²) in [7, 11) is 0. The molecule has 2 heterocycles. The second-order valence-electron chi connectivity index (χ2n) is 6.35. The van der Waals surface area contributed by atoms with Gasteiger partial charge in [-0.05, 0) is 35.0 Å². The van der Waals surface area contributed by atoms with E-state index in [4.69, 9.17) is 11.1 Å². The predicted molar refractivity (Wildman–Crippen MR) is 107 cm³/mol. The Bertz CT molecular complexity index is 1310. The maximum absolute atomic E-state index is 7.73. The number of nitrogens with two attached hydrogens (primary N) is 1. The van der Waals surface area contributed by atoms with Gasteiger partial charge in [-0.15, -0.1) is 0 Å². The van der Waals surface area contributed by atoms with Crippen molar-refractivity contribution in [1.29, 1.82) is 5.41 Å². The molecule has 4 nitrogen and oxygen atoms in total. The van der Waals surface area contributed by atoms with Crippen LogP contribution >= 0.6 is 0 Å². The van der Waals surface area contributed by atoms with E-state index in [1.165, 1.54) is 21.5 Å². The Labute approximate surface area is 150 Å². The van der Waals surface area contributed by atoms with Gasteiger partial charge in [0, 0.05) is 22.5 Å². The molecule has 0 spiro atoms. The van der Waals surface area contributed by atoms with Crippen molar-refractivity contribution >= 4 is 38.4 Å². The standard InChI is InChI=1S/C22H16N4/c23-22(24)15-11-12-25-20(13-15)26-18-8-4-3-7-17(18)21-16-6-2-1-5-14(16)9-10-19(21)26/h1-13H,(H3,23,24). The van der Waals surface area contributed by atoms with Gasteiger partial charge >= 0.3 is 0 Å². The first-order valence-electron chi connectivity index (χ1n) is 8.46. The summed E-state index contributed by atoms with van der Waals surface area (Å²) < 4.78 is 2.14. The predicted octanol–water partition coefficient (Wildman–Crippen LogP) is 4.62. The number of rotatable bonds is 2. The third-order valence-electron chi connectivity index (χ3n) is 4.85. The minimum absolute atomic E-state index is 0.0415. The van der Waals surface area contributed by atoms with E-state index in [0.717, 1.165) is 16.9 Å². The summed E-state index contributed by atoms with van der Waals surface area (Å²) in [5.74, 6) is 0.805. The lowest BCUT2D eigenvalue weighted by molar-refractivity contribution is 1.08. The number of para-hydroxylation sites is 1. The normalized spacial score (nSPS) is 11.4. The Kier molecular flexibility index (Phi) is 3.06. The van der Waals surface area contributed by atoms with Gasteiger partial charge in [-0.25, -0.2) is 4.98 Å². The van der Waals surface area contributed by atoms with Crippen LogP contribution in [0.2, 0.25) is 0 Å². The molecule has 0 aliphatic heterocycles. The van der Waals surface area contributed by atoms with Crippen molar-refractivity contribution < 1.29 is 0 Å². The van der Waals surface area contributed by atoms with Crippen LogP contribution in [0, 0.1) is 5.41 Å². The molecule has 5 aromatic rings. The maximum atomic E-state index is 7.73. The van der Waals surface area contributed by atoms with Gasteiger partial charge in [-0.1, -0.05) is 48.5 Å². The number of hydrogen-bond donors (Lipinski definition) is 2. The molecule has 5 rings (SSSR count). The second-order valence-corrected chi connectivity index (χ2v) is 6.35. The highest BCUT2D eigenvalue weighted by Crippen LogP contribution is 2.36. The molecule has 3 aromatic carbocycles. The van der Waals surface area contributed by atoms with Crippen molar-refractivity contribution in [3.63, 3.8) is 0 Å². The molecule has 0 fully saturated rings. The van der Waals surface area contributed by atoms with Gasteiger partial charge in [0.25, 0.3) is 0 Å². The van der Waals surface area contributed by atoms with E-state index in [2.05, 4.69) is 64.1 Å². The third kappa shape index (κ3) is 2.02. The van der Waals surface area contributed by atoms with Crippen LogP contribution in [-0.2, 0) is 0 Å². The highest BCUT2D eigenvalue weighted by Gasteiger charge is 2.15. The molecule has 0 aliphatic rings. The first kappa shape index (κ1) is 14.7. The molecular weight excluding hydrogens is 320 g/mol. The van der Waals surface area contributed by atoms with Crippen molar-refractivity contribution in [3.05, 3.63) is 84.6 Å². The van der Waals surface area contributed by atoms with E-state index >= 15 is 0 Å². The molecule has 0 amide bonds. The first-order valence-corrected chi connectivity index (χ1v) is 8.46. The Morgan fingerprint density at radius 2 is 1.62 bits per heavy atom. The quantitative estimate of drug-likeness (QED) is 0.365. The summed E-state index contributed by atoms with van der Waals surface area (Å²) in [6, 6.07) is 24.7. The molecule has 2 aromatic heterocycles. The average Bonchev–Trinajstić information content (AvgIpc) is 3.03. The molecule has 0 atom stereocenters. The van der Waals surface area contributed by atoms with Crippen molar-refractivity contribution in [1.82, 2.24) is 9.55 Å². The van der Waals surface area contributed by atoms with Gasteiger partial charge < -0.3 is 5.73 Å². The number of hydrogen-bond acceptors (Lipinski definition) is 2. The van der Waals surface area contributed by atoms with Gasteiger partial charge in [0.15, 0.2) is 0 Å². The lowest BCUT2D eigenvalue weighted by atomic mass is 10.0. The second kappa shape index (κ2) is 5.43. The SMILES string of the molecule is N=C(N)c1ccnc(-n2c3ccccc3c3c4ccccc4ccc32)c1. The number of benzene rings is 3. The summed E-state index contributed by atoms with van der Waals surface area (Å²) in [4.78, 5) is 4.56. The molecule has 0 radical (unpaired) electrons. The lowest BCUT2D eigenvalue weighted by Crippen LogP contribution is -2.12. The largest absolute Gasteiger partial charge is 0.384 e. The van der Waals surface area contributed by atoms with Gasteiger partial charge in [-0.2, -0.15) is 0 Å². The molecule has 0 aliphatic carbocycles. The third-order valence-corrected chi connectivity index (χ3v) is 4.85. The zero-order valence-corrected chi connectivity index (χ0v) is 14.0. The lowest BCUT2D eigenvalue weighted by Gasteiger charge is -2.08. The molecule has 0 unspecified atom stereocenters. The number of nitrogen functional groups attached to an aromatic ring is 1. The highest BCUT2D eigenvalue weighted by molar-refractivity contribution is 6.21. The number of amidine groups is 1. The molecule has 26 heavy (non-hydrogen) atoms. The highest BCUT2D eigenvalue weighted by atomic mass is 15.1. The van der Waals surface area contributed by atoms with Crippen LogP contribution in [0.25, 0.3) is 38.4 Å². The Balaban J connectivity index is 1.98. The monoisotopic (exact) mass is 336 g/mol. The van der Waals surface area contributed by atoms with Crippen LogP contribution in [0.1, 0.15) is 5.56 Å². The molecule has 0 saturated heterocycles. The van der Waals surface area contributed by atoms with E-state index in [1.807, 2.05) is 12.1 Å². The molecule has 0 bridgehead atoms. The Morgan fingerprint density at radius 3 is 2.46 bits per heavy atom. The summed E-state index contributed by atoms with van der Waals surface area (Å²) in [5.41, 5.74) is 8.54. The fourth-order valence-electron chi connectivity index (χ4n) is 3.69. The molecule has 0 saturated carbocycles. The average molecular weight is 336 g/mol. The van der Waals surface area contributed by atoms with Crippen molar-refractivity contribution in [2.75, 3.05) is 0 Å². The molecule has 3 N–H and O–H groups in total. The maximum Gasteiger partial charge on any atom is 0.138 e. The van der Waals surface area contributed by atoms with Crippen LogP contribution in [0.3, 0.4) is 0 Å². The van der Waals surface area contributed by atoms with E-state index < -0.39 is 0 Å². The van der Waals surface area contributed by atoms with Crippen molar-refractivity contribution in [3.8, 4) is 5.82 Å². The molecular formula is C22H16N4. The Morgan fingerprint density at radius 1 is 0.846 bits per heavy atom. The number of aromatic nitrogens is 2. The number of nitrogens with zero attached hydrogens (tertiary/aromatic N) is 2. The van der Waals surface area contributed by atoms with Gasteiger partial charge in [-0.3, -0.25) is 9.98 Å². The van der Waals surface area contributed by atoms with Crippen LogP contribution in [0.4, 0.5) is 0 Å². The van der Waals surface area contributed by atoms with Gasteiger partial charge in [0.05, 0.1) is 11.0 Å². The van der Waals surface area contributed by atoms with Crippen molar-refractivity contribution in [2.24, 2.45) is 5.73 Å². The van der Waals surface area contributed by atoms with Crippen LogP contribution in [0.5, 0.6) is 0 Å². The van der Waals surface area contributed by atoms with Crippen LogP contribution < -0.4 is 5.73 Å². The number of pyridine rings is 1. The summed E-state index contributed by atoms with van der Waals surface area (Å²) in [6.45, 7) is 0. The first-order chi connectivity index (χ1) is 12.7. The van der Waals surface area contributed by atoms with Gasteiger partial charge in [0.1, 0.15) is 11.7 Å². The number of fused-ring (bicyclic) bond motifs is 5. The van der Waals surface area contributed by atoms with Crippen LogP contribution in [0.15, 0.2) is 79.0 Å². The zero-order chi connectivity index (χ0) is 17.7. The topological polar surface area (TPSA) is 67.7 Å². The summed E-state index contributed by atoms with van der Waals surface area (Å²) >= 11 is 0. The molecule has 124 valence electrons. The van der Waals surface area contributed by atoms with Crippen LogP contribution in [-0.4, -0.2) is 15.4 Å².